The maximum absolute atomic E-state index is 10.4. The molecule has 1 rings (SSSR count). The molecule has 1 N–H and O–H groups in total. The van der Waals surface area contributed by atoms with Gasteiger partial charge in [0.05, 0.1) is 6.61 Å². The summed E-state index contributed by atoms with van der Waals surface area (Å²) >= 11 is 0. The van der Waals surface area contributed by atoms with Gasteiger partial charge in [0.25, 0.3) is 0 Å². The van der Waals surface area contributed by atoms with E-state index in [-0.39, 0.29) is 0 Å². The van der Waals surface area contributed by atoms with Crippen LogP contribution in [0.5, 0.6) is 5.75 Å². The van der Waals surface area contributed by atoms with Crippen LogP contribution in [0.1, 0.15) is 25.3 Å². The SMILES string of the molecule is CCCOCCCOc1ccc(/C=C/C(=O)O)cc1. The van der Waals surface area contributed by atoms with Crippen molar-refractivity contribution in [3.05, 3.63) is 35.9 Å². The third kappa shape index (κ3) is 7.26. The number of carboxylic acid groups (broad SMARTS) is 1. The summed E-state index contributed by atoms with van der Waals surface area (Å²) in [6.45, 7) is 4.21. The van der Waals surface area contributed by atoms with E-state index in [2.05, 4.69) is 6.92 Å². The second kappa shape index (κ2) is 9.16. The number of rotatable bonds is 9. The third-order valence-corrected chi connectivity index (χ3v) is 2.35. The molecule has 4 nitrogen and oxygen atoms in total. The average Bonchev–Trinajstić information content (AvgIpc) is 2.41. The molecule has 0 amide bonds. The predicted molar refractivity (Wildman–Crippen MR) is 74.3 cm³/mol. The van der Waals surface area contributed by atoms with E-state index < -0.39 is 5.97 Å². The van der Waals surface area contributed by atoms with Gasteiger partial charge in [-0.25, -0.2) is 4.79 Å². The van der Waals surface area contributed by atoms with E-state index in [0.717, 1.165) is 36.8 Å². The highest BCUT2D eigenvalue weighted by atomic mass is 16.5. The number of carbonyl (C=O) groups is 1. The molecular formula is C15H20O4. The highest BCUT2D eigenvalue weighted by Crippen LogP contribution is 2.13. The van der Waals surface area contributed by atoms with Gasteiger partial charge in [-0.15, -0.1) is 0 Å². The highest BCUT2D eigenvalue weighted by molar-refractivity contribution is 5.85. The van der Waals surface area contributed by atoms with Crippen molar-refractivity contribution < 1.29 is 19.4 Å². The van der Waals surface area contributed by atoms with E-state index in [0.29, 0.717) is 13.2 Å². The molecule has 0 aliphatic rings. The lowest BCUT2D eigenvalue weighted by molar-refractivity contribution is -0.131. The number of hydrogen-bond acceptors (Lipinski definition) is 3. The van der Waals surface area contributed by atoms with E-state index in [1.165, 1.54) is 0 Å². The van der Waals surface area contributed by atoms with Gasteiger partial charge in [0.15, 0.2) is 0 Å². The first-order chi connectivity index (χ1) is 9.22. The minimum atomic E-state index is -0.951. The van der Waals surface area contributed by atoms with Crippen molar-refractivity contribution in [3.63, 3.8) is 0 Å². The van der Waals surface area contributed by atoms with Gasteiger partial charge in [0.1, 0.15) is 5.75 Å². The highest BCUT2D eigenvalue weighted by Gasteiger charge is 1.95. The zero-order valence-electron chi connectivity index (χ0n) is 11.2. The summed E-state index contributed by atoms with van der Waals surface area (Å²) in [6.07, 6.45) is 4.55. The predicted octanol–water partition coefficient (Wildman–Crippen LogP) is 2.98. The zero-order valence-corrected chi connectivity index (χ0v) is 11.2. The standard InChI is InChI=1S/C15H20O4/c1-2-10-18-11-3-12-19-14-7-4-13(5-8-14)6-9-15(16)17/h4-9H,2-3,10-12H2,1H3,(H,16,17)/b9-6+. The second-order valence-electron chi connectivity index (χ2n) is 4.05. The number of hydrogen-bond donors (Lipinski definition) is 1. The summed E-state index contributed by atoms with van der Waals surface area (Å²) in [4.78, 5) is 10.4. The minimum Gasteiger partial charge on any atom is -0.494 e. The molecule has 0 radical (unpaired) electrons. The summed E-state index contributed by atoms with van der Waals surface area (Å²) < 4.78 is 10.9. The molecule has 0 bridgehead atoms. The molecule has 0 aliphatic carbocycles. The lowest BCUT2D eigenvalue weighted by Crippen LogP contribution is -2.03. The fourth-order valence-corrected chi connectivity index (χ4v) is 1.44. The summed E-state index contributed by atoms with van der Waals surface area (Å²) in [7, 11) is 0. The Kier molecular flexibility index (Phi) is 7.35. The largest absolute Gasteiger partial charge is 0.494 e. The molecule has 0 saturated heterocycles. The molecule has 0 unspecified atom stereocenters. The fourth-order valence-electron chi connectivity index (χ4n) is 1.44. The van der Waals surface area contributed by atoms with Gasteiger partial charge >= 0.3 is 5.97 Å². The summed E-state index contributed by atoms with van der Waals surface area (Å²) in [5.41, 5.74) is 0.834. The van der Waals surface area contributed by atoms with Crippen LogP contribution in [0, 0.1) is 0 Å². The van der Waals surface area contributed by atoms with Crippen LogP contribution in [0.15, 0.2) is 30.3 Å². The van der Waals surface area contributed by atoms with E-state index in [9.17, 15) is 4.79 Å². The van der Waals surface area contributed by atoms with Gasteiger partial charge in [-0.1, -0.05) is 19.1 Å². The van der Waals surface area contributed by atoms with E-state index in [1.807, 2.05) is 24.3 Å². The van der Waals surface area contributed by atoms with E-state index in [4.69, 9.17) is 14.6 Å². The molecule has 1 aromatic carbocycles. The number of aliphatic carboxylic acids is 1. The molecule has 0 atom stereocenters. The summed E-state index contributed by atoms with van der Waals surface area (Å²) in [6, 6.07) is 7.30. The zero-order chi connectivity index (χ0) is 13.9. The molecule has 4 heteroatoms. The maximum atomic E-state index is 10.4. The van der Waals surface area contributed by atoms with Crippen LogP contribution < -0.4 is 4.74 Å². The lowest BCUT2D eigenvalue weighted by Gasteiger charge is -2.06. The molecule has 0 fully saturated rings. The van der Waals surface area contributed by atoms with Crippen LogP contribution in [0.25, 0.3) is 6.08 Å². The van der Waals surface area contributed by atoms with Gasteiger partial charge in [-0.05, 0) is 30.2 Å². The van der Waals surface area contributed by atoms with Gasteiger partial charge in [-0.2, -0.15) is 0 Å². The van der Waals surface area contributed by atoms with Crippen molar-refractivity contribution in [3.8, 4) is 5.75 Å². The minimum absolute atomic E-state index is 0.619. The van der Waals surface area contributed by atoms with Crippen LogP contribution in [0.2, 0.25) is 0 Å². The third-order valence-electron chi connectivity index (χ3n) is 2.35. The van der Waals surface area contributed by atoms with Gasteiger partial charge in [0.2, 0.25) is 0 Å². The van der Waals surface area contributed by atoms with Crippen molar-refractivity contribution in [1.82, 2.24) is 0 Å². The Balaban J connectivity index is 2.26. The topological polar surface area (TPSA) is 55.8 Å². The number of ether oxygens (including phenoxy) is 2. The van der Waals surface area contributed by atoms with E-state index in [1.54, 1.807) is 6.08 Å². The second-order valence-corrected chi connectivity index (χ2v) is 4.05. The van der Waals surface area contributed by atoms with Crippen molar-refractivity contribution in [2.75, 3.05) is 19.8 Å². The molecule has 0 spiro atoms. The molecule has 0 aromatic heterocycles. The van der Waals surface area contributed by atoms with Crippen LogP contribution in [-0.2, 0) is 9.53 Å². The Morgan fingerprint density at radius 2 is 1.95 bits per heavy atom. The summed E-state index contributed by atoms with van der Waals surface area (Å²) in [5, 5.41) is 8.51. The normalized spacial score (nSPS) is 10.8. The Morgan fingerprint density at radius 3 is 2.58 bits per heavy atom. The van der Waals surface area contributed by atoms with E-state index >= 15 is 0 Å². The van der Waals surface area contributed by atoms with Crippen LogP contribution >= 0.6 is 0 Å². The molecule has 0 heterocycles. The first kappa shape index (κ1) is 15.2. The Bertz CT molecular complexity index is 395. The van der Waals surface area contributed by atoms with Crippen molar-refractivity contribution in [1.29, 1.82) is 0 Å². The number of carboxylic acids is 1. The quantitative estimate of drug-likeness (QED) is 0.550. The first-order valence-electron chi connectivity index (χ1n) is 6.44. The Hall–Kier alpha value is -1.81. The smallest absolute Gasteiger partial charge is 0.328 e. The molecule has 104 valence electrons. The Labute approximate surface area is 113 Å². The molecule has 19 heavy (non-hydrogen) atoms. The van der Waals surface area contributed by atoms with Crippen LogP contribution in [0.4, 0.5) is 0 Å². The molecule has 1 aromatic rings. The van der Waals surface area contributed by atoms with Gasteiger partial charge in [-0.3, -0.25) is 0 Å². The first-order valence-corrected chi connectivity index (χ1v) is 6.44. The lowest BCUT2D eigenvalue weighted by atomic mass is 10.2. The van der Waals surface area contributed by atoms with Crippen molar-refractivity contribution >= 4 is 12.0 Å². The van der Waals surface area contributed by atoms with Gasteiger partial charge < -0.3 is 14.6 Å². The monoisotopic (exact) mass is 264 g/mol. The Morgan fingerprint density at radius 1 is 1.21 bits per heavy atom. The molecular weight excluding hydrogens is 244 g/mol. The van der Waals surface area contributed by atoms with Crippen molar-refractivity contribution in [2.24, 2.45) is 0 Å². The average molecular weight is 264 g/mol. The van der Waals surface area contributed by atoms with Crippen molar-refractivity contribution in [2.45, 2.75) is 19.8 Å². The maximum Gasteiger partial charge on any atom is 0.328 e. The molecule has 0 saturated carbocycles. The summed E-state index contributed by atoms with van der Waals surface area (Å²) in [5.74, 6) is -0.171. The fraction of sp³-hybridized carbons (Fsp3) is 0.400. The van der Waals surface area contributed by atoms with Gasteiger partial charge in [0, 0.05) is 25.7 Å². The number of benzene rings is 1. The van der Waals surface area contributed by atoms with Crippen LogP contribution in [-0.4, -0.2) is 30.9 Å². The van der Waals surface area contributed by atoms with Crippen LogP contribution in [0.3, 0.4) is 0 Å². The molecule has 0 aliphatic heterocycles.